The SMILES string of the molecule is CC(CC1CC(c2ccc(C#CCCF)cc2)=NO1)(C(=O)O)S(C)(=O)=O. The van der Waals surface area contributed by atoms with Crippen molar-refractivity contribution in [2.75, 3.05) is 12.9 Å². The highest BCUT2D eigenvalue weighted by molar-refractivity contribution is 7.92. The first-order valence-electron chi connectivity index (χ1n) is 7.98. The van der Waals surface area contributed by atoms with Gasteiger partial charge in [-0.25, -0.2) is 8.42 Å². The lowest BCUT2D eigenvalue weighted by Gasteiger charge is -2.24. The third kappa shape index (κ3) is 4.41. The number of oxime groups is 1. The molecule has 1 N–H and O–H groups in total. The van der Waals surface area contributed by atoms with E-state index in [-0.39, 0.29) is 12.8 Å². The zero-order valence-electron chi connectivity index (χ0n) is 14.5. The molecule has 0 bridgehead atoms. The number of halogens is 1. The summed E-state index contributed by atoms with van der Waals surface area (Å²) in [6.45, 7) is 0.695. The molecule has 0 aliphatic carbocycles. The third-order valence-electron chi connectivity index (χ3n) is 4.29. The maximum absolute atomic E-state index is 12.0. The van der Waals surface area contributed by atoms with Gasteiger partial charge < -0.3 is 9.94 Å². The molecule has 0 radical (unpaired) electrons. The summed E-state index contributed by atoms with van der Waals surface area (Å²) in [6.07, 6.45) is 0.573. The van der Waals surface area contributed by atoms with Crippen molar-refractivity contribution in [1.82, 2.24) is 0 Å². The molecule has 2 rings (SSSR count). The summed E-state index contributed by atoms with van der Waals surface area (Å²) in [5.41, 5.74) is 2.13. The van der Waals surface area contributed by atoms with Crippen LogP contribution in [0, 0.1) is 11.8 Å². The molecule has 0 saturated carbocycles. The Hall–Kier alpha value is -2.40. The number of alkyl halides is 1. The molecule has 2 atom stereocenters. The van der Waals surface area contributed by atoms with Gasteiger partial charge in [0.1, 0.15) is 12.8 Å². The monoisotopic (exact) mass is 381 g/mol. The van der Waals surface area contributed by atoms with Crippen LogP contribution in [0.3, 0.4) is 0 Å². The summed E-state index contributed by atoms with van der Waals surface area (Å²) >= 11 is 0. The third-order valence-corrected chi connectivity index (χ3v) is 6.27. The summed E-state index contributed by atoms with van der Waals surface area (Å²) < 4.78 is 33.8. The van der Waals surface area contributed by atoms with Crippen molar-refractivity contribution in [3.8, 4) is 11.8 Å². The van der Waals surface area contributed by atoms with Gasteiger partial charge in [0, 0.05) is 31.1 Å². The van der Waals surface area contributed by atoms with Crippen LogP contribution < -0.4 is 0 Å². The lowest BCUT2D eigenvalue weighted by molar-refractivity contribution is -0.140. The van der Waals surface area contributed by atoms with E-state index in [2.05, 4.69) is 17.0 Å². The summed E-state index contributed by atoms with van der Waals surface area (Å²) in [7, 11) is -3.82. The minimum atomic E-state index is -3.82. The quantitative estimate of drug-likeness (QED) is 0.763. The second-order valence-corrected chi connectivity index (χ2v) is 8.75. The number of carbonyl (C=O) groups is 1. The number of hydrogen-bond donors (Lipinski definition) is 1. The largest absolute Gasteiger partial charge is 0.480 e. The molecule has 1 aliphatic heterocycles. The Morgan fingerprint density at radius 1 is 1.42 bits per heavy atom. The van der Waals surface area contributed by atoms with E-state index in [1.54, 1.807) is 24.3 Å². The Labute approximate surface area is 152 Å². The molecule has 0 saturated heterocycles. The van der Waals surface area contributed by atoms with Crippen molar-refractivity contribution in [3.05, 3.63) is 35.4 Å². The summed E-state index contributed by atoms with van der Waals surface area (Å²) in [5.74, 6) is 4.14. The lowest BCUT2D eigenvalue weighted by atomic mass is 9.97. The smallest absolute Gasteiger partial charge is 0.324 e. The van der Waals surface area contributed by atoms with E-state index in [0.29, 0.717) is 12.1 Å². The fourth-order valence-electron chi connectivity index (χ4n) is 2.50. The van der Waals surface area contributed by atoms with Crippen LogP contribution in [-0.4, -0.2) is 49.0 Å². The predicted octanol–water partition coefficient (Wildman–Crippen LogP) is 2.17. The molecule has 8 heteroatoms. The fraction of sp³-hybridized carbons (Fsp3) is 0.444. The Bertz CT molecular complexity index is 867. The molecule has 0 fully saturated rings. The number of carboxylic acids is 1. The zero-order chi connectivity index (χ0) is 19.4. The maximum atomic E-state index is 12.0. The van der Waals surface area contributed by atoms with Gasteiger partial charge >= 0.3 is 5.97 Å². The van der Waals surface area contributed by atoms with E-state index in [1.165, 1.54) is 6.92 Å². The van der Waals surface area contributed by atoms with Crippen LogP contribution in [0.25, 0.3) is 0 Å². The van der Waals surface area contributed by atoms with Gasteiger partial charge in [0.25, 0.3) is 0 Å². The van der Waals surface area contributed by atoms with Crippen molar-refractivity contribution in [1.29, 1.82) is 0 Å². The molecule has 0 amide bonds. The van der Waals surface area contributed by atoms with E-state index >= 15 is 0 Å². The summed E-state index contributed by atoms with van der Waals surface area (Å²) in [6, 6.07) is 7.12. The van der Waals surface area contributed by atoms with Gasteiger partial charge in [-0.2, -0.15) is 0 Å². The first kappa shape index (κ1) is 19.9. The van der Waals surface area contributed by atoms with E-state index in [0.717, 1.165) is 17.4 Å². The Balaban J connectivity index is 2.06. The second-order valence-electron chi connectivity index (χ2n) is 6.30. The number of nitrogens with zero attached hydrogens (tertiary/aromatic N) is 1. The number of aliphatic carboxylic acids is 1. The average Bonchev–Trinajstić information content (AvgIpc) is 3.03. The molecule has 0 spiro atoms. The normalized spacial score (nSPS) is 18.9. The highest BCUT2D eigenvalue weighted by Gasteiger charge is 2.47. The van der Waals surface area contributed by atoms with E-state index in [4.69, 9.17) is 4.84 Å². The van der Waals surface area contributed by atoms with Gasteiger partial charge in [0.05, 0.1) is 5.71 Å². The molecular formula is C18H20FNO5S. The van der Waals surface area contributed by atoms with Crippen LogP contribution in [0.15, 0.2) is 29.4 Å². The van der Waals surface area contributed by atoms with Gasteiger partial charge in [0.15, 0.2) is 14.6 Å². The van der Waals surface area contributed by atoms with Crippen LogP contribution in [0.1, 0.15) is 37.3 Å². The number of hydrogen-bond acceptors (Lipinski definition) is 5. The number of benzene rings is 1. The van der Waals surface area contributed by atoms with Gasteiger partial charge in [-0.15, -0.1) is 0 Å². The van der Waals surface area contributed by atoms with Crippen molar-refractivity contribution in [2.24, 2.45) is 5.16 Å². The molecule has 1 aromatic rings. The highest BCUT2D eigenvalue weighted by atomic mass is 32.2. The van der Waals surface area contributed by atoms with E-state index in [9.17, 15) is 22.7 Å². The molecular weight excluding hydrogens is 361 g/mol. The van der Waals surface area contributed by atoms with Crippen LogP contribution in [0.5, 0.6) is 0 Å². The zero-order valence-corrected chi connectivity index (χ0v) is 15.3. The molecule has 2 unspecified atom stereocenters. The minimum absolute atomic E-state index is 0.187. The van der Waals surface area contributed by atoms with Crippen LogP contribution >= 0.6 is 0 Å². The molecule has 0 aromatic heterocycles. The average molecular weight is 381 g/mol. The minimum Gasteiger partial charge on any atom is -0.480 e. The first-order valence-corrected chi connectivity index (χ1v) is 9.87. The van der Waals surface area contributed by atoms with Gasteiger partial charge in [-0.05, 0) is 24.6 Å². The van der Waals surface area contributed by atoms with Crippen molar-refractivity contribution >= 4 is 21.5 Å². The summed E-state index contributed by atoms with van der Waals surface area (Å²) in [5, 5.41) is 13.3. The highest BCUT2D eigenvalue weighted by Crippen LogP contribution is 2.29. The van der Waals surface area contributed by atoms with Gasteiger partial charge in [0.2, 0.25) is 0 Å². The Morgan fingerprint density at radius 2 is 2.08 bits per heavy atom. The standard InChI is InChI=1S/C18H20FNO5S/c1-18(17(21)22,26(2,23)24)12-15-11-16(20-25-15)14-8-6-13(7-9-14)5-3-4-10-19/h6-9,15H,4,10-12H2,1-2H3,(H,21,22). The van der Waals surface area contributed by atoms with Gasteiger partial charge in [-0.3, -0.25) is 9.18 Å². The first-order chi connectivity index (χ1) is 12.2. The Morgan fingerprint density at radius 3 is 2.62 bits per heavy atom. The number of rotatable bonds is 6. The number of sulfone groups is 1. The Kier molecular flexibility index (Phi) is 6.03. The van der Waals surface area contributed by atoms with Crippen LogP contribution in [0.4, 0.5) is 4.39 Å². The van der Waals surface area contributed by atoms with E-state index in [1.807, 2.05) is 0 Å². The number of carboxylic acid groups (broad SMARTS) is 1. The predicted molar refractivity (Wildman–Crippen MR) is 95.4 cm³/mol. The lowest BCUT2D eigenvalue weighted by Crippen LogP contribution is -2.45. The second kappa shape index (κ2) is 7.87. The van der Waals surface area contributed by atoms with Crippen molar-refractivity contribution < 1.29 is 27.5 Å². The molecule has 1 heterocycles. The summed E-state index contributed by atoms with van der Waals surface area (Å²) in [4.78, 5) is 16.7. The topological polar surface area (TPSA) is 93.0 Å². The van der Waals surface area contributed by atoms with Crippen molar-refractivity contribution in [2.45, 2.75) is 37.0 Å². The van der Waals surface area contributed by atoms with Crippen LogP contribution in [0.2, 0.25) is 0 Å². The van der Waals surface area contributed by atoms with Gasteiger partial charge in [-0.1, -0.05) is 29.1 Å². The molecule has 140 valence electrons. The fourth-order valence-corrected chi connectivity index (χ4v) is 3.30. The molecule has 6 nitrogen and oxygen atoms in total. The molecule has 1 aromatic carbocycles. The maximum Gasteiger partial charge on any atom is 0.324 e. The molecule has 1 aliphatic rings. The molecule has 26 heavy (non-hydrogen) atoms. The van der Waals surface area contributed by atoms with Crippen LogP contribution in [-0.2, 0) is 19.5 Å². The van der Waals surface area contributed by atoms with E-state index < -0.39 is 33.3 Å². The van der Waals surface area contributed by atoms with Crippen molar-refractivity contribution in [3.63, 3.8) is 0 Å².